The molecule has 2 amide bonds. The minimum atomic E-state index is -0.390. The van der Waals surface area contributed by atoms with Crippen molar-refractivity contribution in [3.8, 4) is 11.5 Å². The van der Waals surface area contributed by atoms with Crippen LogP contribution < -0.4 is 20.5 Å². The van der Waals surface area contributed by atoms with Gasteiger partial charge in [0.2, 0.25) is 11.8 Å². The summed E-state index contributed by atoms with van der Waals surface area (Å²) in [6.45, 7) is 2.65. The quantitative estimate of drug-likeness (QED) is 0.721. The van der Waals surface area contributed by atoms with Crippen molar-refractivity contribution in [1.29, 1.82) is 0 Å². The number of amides is 2. The van der Waals surface area contributed by atoms with Gasteiger partial charge in [-0.2, -0.15) is 0 Å². The van der Waals surface area contributed by atoms with E-state index < -0.39 is 6.04 Å². The number of methoxy groups -OCH3 is 2. The van der Waals surface area contributed by atoms with E-state index in [1.165, 1.54) is 0 Å². The summed E-state index contributed by atoms with van der Waals surface area (Å²) < 4.78 is 10.8. The standard InChI is InChI=1S/C23H31N5O4/c1-27-9-6-25-23(30)18(27)13-21(29)28-7-4-14(5-8-28)22-16(24)10-15-11-19(31-2)20(32-3)12-17(15)26-22/h10-12,14,18H,4-9,13,24H2,1-3H3,(H,25,30). The summed E-state index contributed by atoms with van der Waals surface area (Å²) >= 11 is 0. The molecule has 2 aromatic rings. The Bertz CT molecular complexity index is 1020. The molecule has 0 saturated carbocycles. The second kappa shape index (κ2) is 9.20. The number of piperazine rings is 1. The van der Waals surface area contributed by atoms with E-state index in [1.54, 1.807) is 14.2 Å². The van der Waals surface area contributed by atoms with Gasteiger partial charge in [-0.3, -0.25) is 19.5 Å². The van der Waals surface area contributed by atoms with Crippen LogP contribution in [0.5, 0.6) is 11.5 Å². The fourth-order valence-electron chi connectivity index (χ4n) is 4.63. The first-order valence-corrected chi connectivity index (χ1v) is 11.0. The zero-order chi connectivity index (χ0) is 22.8. The van der Waals surface area contributed by atoms with Gasteiger partial charge in [0.05, 0.1) is 43.6 Å². The molecule has 3 N–H and O–H groups in total. The molecule has 0 spiro atoms. The average molecular weight is 442 g/mol. The van der Waals surface area contributed by atoms with E-state index in [4.69, 9.17) is 20.2 Å². The van der Waals surface area contributed by atoms with Crippen LogP contribution in [0.3, 0.4) is 0 Å². The summed E-state index contributed by atoms with van der Waals surface area (Å²) in [4.78, 5) is 33.6. The number of fused-ring (bicyclic) bond motifs is 1. The Balaban J connectivity index is 1.45. The molecule has 9 nitrogen and oxygen atoms in total. The van der Waals surface area contributed by atoms with E-state index in [2.05, 4.69) is 5.32 Å². The van der Waals surface area contributed by atoms with Gasteiger partial charge in [0.15, 0.2) is 11.5 Å². The summed E-state index contributed by atoms with van der Waals surface area (Å²) in [6, 6.07) is 5.27. The number of benzene rings is 1. The average Bonchev–Trinajstić information content (AvgIpc) is 2.80. The summed E-state index contributed by atoms with van der Waals surface area (Å²) in [5.74, 6) is 1.39. The molecule has 1 aromatic carbocycles. The number of nitrogens with zero attached hydrogens (tertiary/aromatic N) is 3. The van der Waals surface area contributed by atoms with Crippen LogP contribution in [0.4, 0.5) is 5.69 Å². The summed E-state index contributed by atoms with van der Waals surface area (Å²) in [6.07, 6.45) is 1.79. The van der Waals surface area contributed by atoms with Gasteiger partial charge < -0.3 is 25.4 Å². The Morgan fingerprint density at radius 2 is 1.84 bits per heavy atom. The molecular weight excluding hydrogens is 410 g/mol. The van der Waals surface area contributed by atoms with Crippen LogP contribution in [0.25, 0.3) is 10.9 Å². The highest BCUT2D eigenvalue weighted by molar-refractivity contribution is 5.89. The largest absolute Gasteiger partial charge is 0.493 e. The van der Waals surface area contributed by atoms with E-state index in [0.717, 1.165) is 36.0 Å². The van der Waals surface area contributed by atoms with Crippen LogP contribution in [-0.2, 0) is 9.59 Å². The number of piperidine rings is 1. The fraction of sp³-hybridized carbons (Fsp3) is 0.522. The number of ether oxygens (including phenoxy) is 2. The molecule has 4 rings (SSSR count). The summed E-state index contributed by atoms with van der Waals surface area (Å²) in [5.41, 5.74) is 8.68. The Morgan fingerprint density at radius 3 is 2.50 bits per heavy atom. The summed E-state index contributed by atoms with van der Waals surface area (Å²) in [5, 5.41) is 3.74. The van der Waals surface area contributed by atoms with Crippen LogP contribution >= 0.6 is 0 Å². The van der Waals surface area contributed by atoms with Crippen LogP contribution in [0.2, 0.25) is 0 Å². The Hall–Kier alpha value is -3.07. The second-order valence-corrected chi connectivity index (χ2v) is 8.51. The van der Waals surface area contributed by atoms with Gasteiger partial charge >= 0.3 is 0 Å². The van der Waals surface area contributed by atoms with E-state index in [0.29, 0.717) is 36.8 Å². The maximum absolute atomic E-state index is 12.8. The van der Waals surface area contributed by atoms with Gasteiger partial charge in [-0.05, 0) is 32.0 Å². The molecule has 3 heterocycles. The molecule has 1 atom stereocenters. The number of anilines is 1. The van der Waals surface area contributed by atoms with Gasteiger partial charge in [-0.15, -0.1) is 0 Å². The Labute approximate surface area is 187 Å². The van der Waals surface area contributed by atoms with Gasteiger partial charge in [-0.1, -0.05) is 0 Å². The number of nitrogens with two attached hydrogens (primary N) is 1. The lowest BCUT2D eigenvalue weighted by Gasteiger charge is -2.35. The van der Waals surface area contributed by atoms with Gasteiger partial charge in [0, 0.05) is 43.5 Å². The second-order valence-electron chi connectivity index (χ2n) is 8.51. The van der Waals surface area contributed by atoms with Crippen molar-refractivity contribution >= 4 is 28.4 Å². The van der Waals surface area contributed by atoms with Crippen molar-refractivity contribution in [2.45, 2.75) is 31.2 Å². The lowest BCUT2D eigenvalue weighted by molar-refractivity contribution is -0.139. The van der Waals surface area contributed by atoms with Crippen LogP contribution in [0.15, 0.2) is 18.2 Å². The molecule has 2 fully saturated rings. The molecule has 9 heteroatoms. The smallest absolute Gasteiger partial charge is 0.237 e. The highest BCUT2D eigenvalue weighted by Crippen LogP contribution is 2.36. The number of aromatic nitrogens is 1. The normalized spacial score (nSPS) is 20.3. The lowest BCUT2D eigenvalue weighted by atomic mass is 9.91. The first-order valence-electron chi connectivity index (χ1n) is 11.0. The Kier molecular flexibility index (Phi) is 6.36. The monoisotopic (exact) mass is 441 g/mol. The molecule has 0 radical (unpaired) electrons. The first kappa shape index (κ1) is 22.1. The van der Waals surface area contributed by atoms with Gasteiger partial charge in [0.1, 0.15) is 0 Å². The van der Waals surface area contributed by atoms with Crippen molar-refractivity contribution in [2.75, 3.05) is 53.2 Å². The van der Waals surface area contributed by atoms with E-state index in [-0.39, 0.29) is 24.2 Å². The number of likely N-dealkylation sites (N-methyl/N-ethyl adjacent to an activating group) is 1. The number of hydrogen-bond donors (Lipinski definition) is 2. The molecule has 1 aromatic heterocycles. The third-order valence-corrected chi connectivity index (χ3v) is 6.58. The molecule has 2 aliphatic heterocycles. The number of carbonyl (C=O) groups excluding carboxylic acids is 2. The number of likely N-dealkylation sites (tertiary alicyclic amines) is 1. The highest BCUT2D eigenvalue weighted by Gasteiger charge is 2.32. The summed E-state index contributed by atoms with van der Waals surface area (Å²) in [7, 11) is 5.09. The lowest BCUT2D eigenvalue weighted by Crippen LogP contribution is -2.55. The van der Waals surface area contributed by atoms with Gasteiger partial charge in [0.25, 0.3) is 0 Å². The molecule has 0 aliphatic carbocycles. The molecule has 2 aliphatic rings. The maximum Gasteiger partial charge on any atom is 0.237 e. The molecule has 0 bridgehead atoms. The van der Waals surface area contributed by atoms with Crippen molar-refractivity contribution in [1.82, 2.24) is 20.1 Å². The number of pyridine rings is 1. The number of nitrogen functional groups attached to an aromatic ring is 1. The number of nitrogens with one attached hydrogen (secondary N) is 1. The molecule has 32 heavy (non-hydrogen) atoms. The van der Waals surface area contributed by atoms with Crippen LogP contribution in [0.1, 0.15) is 30.9 Å². The van der Waals surface area contributed by atoms with Crippen molar-refractivity contribution in [2.24, 2.45) is 0 Å². The van der Waals surface area contributed by atoms with Crippen LogP contribution in [0, 0.1) is 0 Å². The number of carbonyl (C=O) groups is 2. The van der Waals surface area contributed by atoms with Crippen molar-refractivity contribution < 1.29 is 19.1 Å². The minimum Gasteiger partial charge on any atom is -0.493 e. The topological polar surface area (TPSA) is 110 Å². The molecule has 2 saturated heterocycles. The van der Waals surface area contributed by atoms with Crippen molar-refractivity contribution in [3.05, 3.63) is 23.9 Å². The zero-order valence-electron chi connectivity index (χ0n) is 18.9. The predicted octanol–water partition coefficient (Wildman–Crippen LogP) is 1.36. The van der Waals surface area contributed by atoms with E-state index in [9.17, 15) is 9.59 Å². The number of rotatable bonds is 5. The predicted molar refractivity (Wildman–Crippen MR) is 122 cm³/mol. The van der Waals surface area contributed by atoms with Crippen LogP contribution in [-0.4, -0.2) is 80.1 Å². The molecule has 1 unspecified atom stereocenters. The van der Waals surface area contributed by atoms with Gasteiger partial charge in [-0.25, -0.2) is 0 Å². The fourth-order valence-corrected chi connectivity index (χ4v) is 4.63. The van der Waals surface area contributed by atoms with Crippen molar-refractivity contribution in [3.63, 3.8) is 0 Å². The zero-order valence-corrected chi connectivity index (χ0v) is 18.9. The SMILES string of the molecule is COc1cc2cc(N)c(C3CCN(C(=O)CC4C(=O)NCCN4C)CC3)nc2cc1OC. The molecule has 172 valence electrons. The Morgan fingerprint density at radius 1 is 1.16 bits per heavy atom. The third kappa shape index (κ3) is 4.29. The van der Waals surface area contributed by atoms with E-state index >= 15 is 0 Å². The molecular formula is C23H31N5O4. The van der Waals surface area contributed by atoms with E-state index in [1.807, 2.05) is 35.0 Å². The highest BCUT2D eigenvalue weighted by atomic mass is 16.5. The first-order chi connectivity index (χ1) is 15.4. The third-order valence-electron chi connectivity index (χ3n) is 6.58. The minimum absolute atomic E-state index is 0.0219. The number of hydrogen-bond acceptors (Lipinski definition) is 7. The maximum atomic E-state index is 12.8.